The summed E-state index contributed by atoms with van der Waals surface area (Å²) in [5, 5.41) is 23.0. The lowest BCUT2D eigenvalue weighted by Gasteiger charge is -2.21. The van der Waals surface area contributed by atoms with E-state index >= 15 is 0 Å². The minimum Gasteiger partial charge on any atom is -0.480 e. The van der Waals surface area contributed by atoms with Crippen molar-refractivity contribution in [3.8, 4) is 0 Å². The summed E-state index contributed by atoms with van der Waals surface area (Å²) in [4.78, 5) is 25.1. The number of hydrogen-bond acceptors (Lipinski definition) is 4. The molecule has 1 aliphatic heterocycles. The molecule has 2 atom stereocenters. The standard InChI is InChI=1S/C11H13BrN2O4S/c12-7-1-2-19-9(7)4-13-11(18)14-5-6(15)3-8(14)10(16)17/h1-2,6,8,15H,3-5H2,(H,13,18)(H,16,17)/t6-,8-/m1/s1. The molecule has 2 amide bonds. The van der Waals surface area contributed by atoms with Gasteiger partial charge in [-0.25, -0.2) is 9.59 Å². The Morgan fingerprint density at radius 3 is 2.89 bits per heavy atom. The molecule has 8 heteroatoms. The molecule has 1 aromatic heterocycles. The molecule has 0 bridgehead atoms. The number of thiophene rings is 1. The number of likely N-dealkylation sites (tertiary alicyclic amines) is 1. The summed E-state index contributed by atoms with van der Waals surface area (Å²) in [7, 11) is 0. The molecule has 2 heterocycles. The Morgan fingerprint density at radius 2 is 2.32 bits per heavy atom. The number of carboxylic acid groups (broad SMARTS) is 1. The van der Waals surface area contributed by atoms with Crippen molar-refractivity contribution in [1.29, 1.82) is 0 Å². The smallest absolute Gasteiger partial charge is 0.326 e. The van der Waals surface area contributed by atoms with Gasteiger partial charge < -0.3 is 20.4 Å². The Labute approximate surface area is 122 Å². The SMILES string of the molecule is O=C(O)[C@H]1C[C@@H](O)CN1C(=O)NCc1sccc1Br. The average molecular weight is 349 g/mol. The number of β-amino-alcohol motifs (C(OH)–C–C–N with tert-alkyl or cyclic N) is 1. The van der Waals surface area contributed by atoms with Crippen LogP contribution in [0.4, 0.5) is 4.79 Å². The van der Waals surface area contributed by atoms with Gasteiger partial charge in [0.15, 0.2) is 0 Å². The topological polar surface area (TPSA) is 89.9 Å². The van der Waals surface area contributed by atoms with Crippen molar-refractivity contribution < 1.29 is 19.8 Å². The molecule has 0 aliphatic carbocycles. The number of halogens is 1. The fourth-order valence-electron chi connectivity index (χ4n) is 1.98. The average Bonchev–Trinajstić information content (AvgIpc) is 2.92. The third-order valence-electron chi connectivity index (χ3n) is 2.92. The predicted molar refractivity (Wildman–Crippen MR) is 73.0 cm³/mol. The highest BCUT2D eigenvalue weighted by Crippen LogP contribution is 2.23. The van der Waals surface area contributed by atoms with Crippen LogP contribution in [-0.2, 0) is 11.3 Å². The van der Waals surface area contributed by atoms with Crippen LogP contribution in [0.1, 0.15) is 11.3 Å². The molecule has 0 unspecified atom stereocenters. The number of nitrogens with one attached hydrogen (secondary N) is 1. The van der Waals surface area contributed by atoms with Crippen LogP contribution in [-0.4, -0.2) is 45.8 Å². The summed E-state index contributed by atoms with van der Waals surface area (Å²) in [6.07, 6.45) is -0.703. The second kappa shape index (κ2) is 5.89. The second-order valence-electron chi connectivity index (χ2n) is 4.25. The Bertz CT molecular complexity index is 493. The Morgan fingerprint density at radius 1 is 1.58 bits per heavy atom. The first-order chi connectivity index (χ1) is 8.99. The van der Waals surface area contributed by atoms with Crippen LogP contribution in [0.3, 0.4) is 0 Å². The molecule has 104 valence electrons. The van der Waals surface area contributed by atoms with Crippen LogP contribution in [0, 0.1) is 0 Å². The zero-order valence-electron chi connectivity index (χ0n) is 9.88. The Kier molecular flexibility index (Phi) is 4.43. The lowest BCUT2D eigenvalue weighted by molar-refractivity contribution is -0.141. The van der Waals surface area contributed by atoms with E-state index in [1.807, 2.05) is 11.4 Å². The molecular weight excluding hydrogens is 336 g/mol. The molecule has 1 fully saturated rings. The molecule has 6 nitrogen and oxygen atoms in total. The van der Waals surface area contributed by atoms with Crippen LogP contribution in [0.2, 0.25) is 0 Å². The van der Waals surface area contributed by atoms with Crippen LogP contribution in [0.15, 0.2) is 15.9 Å². The first-order valence-electron chi connectivity index (χ1n) is 5.66. The molecule has 1 aromatic rings. The number of aliphatic hydroxyl groups excluding tert-OH is 1. The normalized spacial score (nSPS) is 22.5. The van der Waals surface area contributed by atoms with Gasteiger partial charge in [-0.1, -0.05) is 0 Å². The molecule has 19 heavy (non-hydrogen) atoms. The summed E-state index contributed by atoms with van der Waals surface area (Å²) in [5.74, 6) is -1.09. The van der Waals surface area contributed by atoms with Gasteiger partial charge in [-0.15, -0.1) is 11.3 Å². The first kappa shape index (κ1) is 14.3. The van der Waals surface area contributed by atoms with Crippen molar-refractivity contribution in [1.82, 2.24) is 10.2 Å². The van der Waals surface area contributed by atoms with Crippen LogP contribution >= 0.6 is 27.3 Å². The molecule has 2 rings (SSSR count). The lowest BCUT2D eigenvalue weighted by Crippen LogP contribution is -2.45. The Hall–Kier alpha value is -1.12. The van der Waals surface area contributed by atoms with Crippen LogP contribution in [0.25, 0.3) is 0 Å². The molecule has 0 radical (unpaired) electrons. The maximum absolute atomic E-state index is 11.9. The number of amides is 2. The van der Waals surface area contributed by atoms with Gasteiger partial charge >= 0.3 is 12.0 Å². The first-order valence-corrected chi connectivity index (χ1v) is 7.33. The van der Waals surface area contributed by atoms with E-state index in [9.17, 15) is 14.7 Å². The highest BCUT2D eigenvalue weighted by atomic mass is 79.9. The van der Waals surface area contributed by atoms with Crippen LogP contribution in [0.5, 0.6) is 0 Å². The number of rotatable bonds is 3. The van der Waals surface area contributed by atoms with Gasteiger partial charge in [0, 0.05) is 22.3 Å². The minimum atomic E-state index is -1.09. The summed E-state index contributed by atoms with van der Waals surface area (Å²) in [6.45, 7) is 0.379. The van der Waals surface area contributed by atoms with Crippen molar-refractivity contribution in [3.63, 3.8) is 0 Å². The van der Waals surface area contributed by atoms with E-state index in [1.165, 1.54) is 11.3 Å². The fourth-order valence-corrected chi connectivity index (χ4v) is 3.41. The van der Waals surface area contributed by atoms with E-state index in [1.54, 1.807) is 0 Å². The van der Waals surface area contributed by atoms with Gasteiger partial charge in [0.05, 0.1) is 12.6 Å². The van der Waals surface area contributed by atoms with Gasteiger partial charge in [-0.3, -0.25) is 0 Å². The van der Waals surface area contributed by atoms with Crippen molar-refractivity contribution in [2.75, 3.05) is 6.54 Å². The number of hydrogen-bond donors (Lipinski definition) is 3. The summed E-state index contributed by atoms with van der Waals surface area (Å²) in [6, 6.07) is 0.456. The van der Waals surface area contributed by atoms with Gasteiger partial charge in [0.1, 0.15) is 6.04 Å². The maximum Gasteiger partial charge on any atom is 0.326 e. The molecule has 1 saturated heterocycles. The zero-order valence-corrected chi connectivity index (χ0v) is 12.3. The van der Waals surface area contributed by atoms with Gasteiger partial charge in [-0.05, 0) is 27.4 Å². The van der Waals surface area contributed by atoms with Crippen molar-refractivity contribution in [3.05, 3.63) is 20.8 Å². The van der Waals surface area contributed by atoms with Crippen LogP contribution < -0.4 is 5.32 Å². The number of carboxylic acids is 1. The van der Waals surface area contributed by atoms with Crippen molar-refractivity contribution >= 4 is 39.3 Å². The number of carbonyl (C=O) groups is 2. The number of aliphatic carboxylic acids is 1. The summed E-state index contributed by atoms with van der Waals surface area (Å²) in [5.41, 5.74) is 0. The molecule has 1 aliphatic rings. The maximum atomic E-state index is 11.9. The van der Waals surface area contributed by atoms with E-state index < -0.39 is 24.1 Å². The number of aliphatic hydroxyl groups is 1. The number of carbonyl (C=O) groups excluding carboxylic acids is 1. The van der Waals surface area contributed by atoms with E-state index in [4.69, 9.17) is 5.11 Å². The fraction of sp³-hybridized carbons (Fsp3) is 0.455. The molecule has 0 spiro atoms. The highest BCUT2D eigenvalue weighted by Gasteiger charge is 2.38. The minimum absolute atomic E-state index is 0.0500. The third kappa shape index (κ3) is 3.26. The van der Waals surface area contributed by atoms with E-state index in [-0.39, 0.29) is 13.0 Å². The molecule has 3 N–H and O–H groups in total. The largest absolute Gasteiger partial charge is 0.480 e. The number of urea groups is 1. The molecular formula is C11H13BrN2O4S. The molecule has 0 aromatic carbocycles. The van der Waals surface area contributed by atoms with Crippen molar-refractivity contribution in [2.45, 2.75) is 25.1 Å². The quantitative estimate of drug-likeness (QED) is 0.766. The Balaban J connectivity index is 1.96. The lowest BCUT2D eigenvalue weighted by atomic mass is 10.2. The van der Waals surface area contributed by atoms with E-state index in [0.717, 1.165) is 14.2 Å². The zero-order chi connectivity index (χ0) is 14.0. The third-order valence-corrected chi connectivity index (χ3v) is 4.84. The second-order valence-corrected chi connectivity index (χ2v) is 6.10. The van der Waals surface area contributed by atoms with Gasteiger partial charge in [-0.2, -0.15) is 0 Å². The highest BCUT2D eigenvalue weighted by molar-refractivity contribution is 9.10. The van der Waals surface area contributed by atoms with E-state index in [2.05, 4.69) is 21.2 Å². The van der Waals surface area contributed by atoms with E-state index in [0.29, 0.717) is 6.54 Å². The summed E-state index contributed by atoms with van der Waals surface area (Å²) >= 11 is 4.85. The van der Waals surface area contributed by atoms with Crippen molar-refractivity contribution in [2.24, 2.45) is 0 Å². The van der Waals surface area contributed by atoms with Gasteiger partial charge in [0.25, 0.3) is 0 Å². The molecule has 0 saturated carbocycles. The number of nitrogens with zero attached hydrogens (tertiary/aromatic N) is 1. The predicted octanol–water partition coefficient (Wildman–Crippen LogP) is 1.24. The monoisotopic (exact) mass is 348 g/mol. The van der Waals surface area contributed by atoms with Gasteiger partial charge in [0.2, 0.25) is 0 Å². The summed E-state index contributed by atoms with van der Waals surface area (Å²) < 4.78 is 0.911.